The zero-order chi connectivity index (χ0) is 22.6. The van der Waals surface area contributed by atoms with Gasteiger partial charge in [-0.1, -0.05) is 30.3 Å². The Balaban J connectivity index is 1.37. The van der Waals surface area contributed by atoms with Crippen molar-refractivity contribution in [3.05, 3.63) is 112 Å². The molecular formula is C25H16N4O3S. The third-order valence-corrected chi connectivity index (χ3v) is 5.77. The summed E-state index contributed by atoms with van der Waals surface area (Å²) < 4.78 is 6.56. The summed E-state index contributed by atoms with van der Waals surface area (Å²) in [5, 5.41) is 6.77. The number of fused-ring (bicyclic) bond motifs is 1. The molecule has 0 aliphatic rings. The fourth-order valence-electron chi connectivity index (χ4n) is 3.24. The van der Waals surface area contributed by atoms with Gasteiger partial charge in [-0.15, -0.1) is 11.3 Å². The average molecular weight is 452 g/mol. The van der Waals surface area contributed by atoms with Gasteiger partial charge in [0.2, 0.25) is 0 Å². The first-order valence-corrected chi connectivity index (χ1v) is 10.9. The fourth-order valence-corrected chi connectivity index (χ4v) is 4.14. The topological polar surface area (TPSA) is 86.4 Å². The molecule has 33 heavy (non-hydrogen) atoms. The highest BCUT2D eigenvalue weighted by molar-refractivity contribution is 7.17. The summed E-state index contributed by atoms with van der Waals surface area (Å²) in [5.41, 5.74) is 2.67. The third kappa shape index (κ3) is 4.32. The van der Waals surface area contributed by atoms with Gasteiger partial charge in [0.15, 0.2) is 0 Å². The van der Waals surface area contributed by atoms with E-state index in [4.69, 9.17) is 4.74 Å². The van der Waals surface area contributed by atoms with Crippen LogP contribution < -0.4 is 10.3 Å². The molecule has 5 rings (SSSR count). The molecule has 0 radical (unpaired) electrons. The summed E-state index contributed by atoms with van der Waals surface area (Å²) in [4.78, 5) is 34.2. The number of thiophene rings is 1. The van der Waals surface area contributed by atoms with Crippen LogP contribution in [0.5, 0.6) is 5.75 Å². The van der Waals surface area contributed by atoms with E-state index in [1.807, 2.05) is 35.7 Å². The Morgan fingerprint density at radius 1 is 1.03 bits per heavy atom. The number of pyridine rings is 1. The molecule has 0 atom stereocenters. The first-order valence-electron chi connectivity index (χ1n) is 10.00. The van der Waals surface area contributed by atoms with Gasteiger partial charge in [0.25, 0.3) is 5.56 Å². The molecule has 8 heteroatoms. The molecule has 0 fully saturated rings. The van der Waals surface area contributed by atoms with Gasteiger partial charge in [-0.2, -0.15) is 9.78 Å². The first kappa shape index (κ1) is 20.5. The summed E-state index contributed by atoms with van der Waals surface area (Å²) in [6, 6.07) is 19.8. The van der Waals surface area contributed by atoms with Crippen LogP contribution in [-0.2, 0) is 0 Å². The average Bonchev–Trinajstić information content (AvgIpc) is 3.31. The summed E-state index contributed by atoms with van der Waals surface area (Å²) in [5.74, 6) is -0.0903. The van der Waals surface area contributed by atoms with E-state index in [1.165, 1.54) is 28.5 Å². The molecule has 0 aliphatic heterocycles. The third-order valence-electron chi connectivity index (χ3n) is 4.88. The van der Waals surface area contributed by atoms with E-state index in [1.54, 1.807) is 48.8 Å². The standard InChI is InChI=1S/C25H16N4O3S/c30-24-22-21(18-5-2-1-3-6-18)15-33-23(22)27-16-29(24)28-13-17-8-10-20(11-9-17)32-25(31)19-7-4-12-26-14-19/h1-16H/b28-13+. The number of carbonyl (C=O) groups is 1. The number of aromatic nitrogens is 3. The monoisotopic (exact) mass is 452 g/mol. The molecule has 0 amide bonds. The zero-order valence-corrected chi connectivity index (χ0v) is 18.0. The van der Waals surface area contributed by atoms with Gasteiger partial charge in [-0.05, 0) is 47.5 Å². The highest BCUT2D eigenvalue weighted by atomic mass is 32.1. The van der Waals surface area contributed by atoms with Crippen LogP contribution in [0.15, 0.2) is 101 Å². The molecule has 0 saturated carbocycles. The molecule has 3 heterocycles. The molecule has 3 aromatic heterocycles. The van der Waals surface area contributed by atoms with Crippen molar-refractivity contribution in [2.75, 3.05) is 0 Å². The summed E-state index contributed by atoms with van der Waals surface area (Å²) in [6.07, 6.45) is 6.00. The molecule has 7 nitrogen and oxygen atoms in total. The lowest BCUT2D eigenvalue weighted by Crippen LogP contribution is -2.16. The number of ether oxygens (including phenoxy) is 1. The van der Waals surface area contributed by atoms with Gasteiger partial charge < -0.3 is 4.74 Å². The maximum atomic E-state index is 13.1. The van der Waals surface area contributed by atoms with Crippen LogP contribution in [0, 0.1) is 0 Å². The predicted molar refractivity (Wildman–Crippen MR) is 128 cm³/mol. The van der Waals surface area contributed by atoms with E-state index in [9.17, 15) is 9.59 Å². The Bertz CT molecular complexity index is 1510. The number of hydrogen-bond donors (Lipinski definition) is 0. The second-order valence-electron chi connectivity index (χ2n) is 7.03. The van der Waals surface area contributed by atoms with Crippen LogP contribution in [0.3, 0.4) is 0 Å². The number of carbonyl (C=O) groups excluding carboxylic acids is 1. The normalized spacial score (nSPS) is 11.2. The van der Waals surface area contributed by atoms with E-state index in [0.717, 1.165) is 16.7 Å². The highest BCUT2D eigenvalue weighted by Crippen LogP contribution is 2.30. The molecule has 0 saturated heterocycles. The van der Waals surface area contributed by atoms with Gasteiger partial charge in [0.05, 0.1) is 17.2 Å². The number of esters is 1. The van der Waals surface area contributed by atoms with Crippen LogP contribution in [0.2, 0.25) is 0 Å². The van der Waals surface area contributed by atoms with E-state index in [0.29, 0.717) is 21.5 Å². The molecule has 2 aromatic carbocycles. The zero-order valence-electron chi connectivity index (χ0n) is 17.2. The summed E-state index contributed by atoms with van der Waals surface area (Å²) >= 11 is 1.43. The van der Waals surface area contributed by atoms with Crippen LogP contribution in [-0.4, -0.2) is 26.8 Å². The largest absolute Gasteiger partial charge is 0.423 e. The number of rotatable bonds is 5. The van der Waals surface area contributed by atoms with Crippen molar-refractivity contribution in [1.29, 1.82) is 0 Å². The molecule has 5 aromatic rings. The van der Waals surface area contributed by atoms with Crippen LogP contribution in [0.25, 0.3) is 21.3 Å². The molecular weight excluding hydrogens is 436 g/mol. The minimum Gasteiger partial charge on any atom is -0.423 e. The Labute approximate surface area is 192 Å². The van der Waals surface area contributed by atoms with Crippen molar-refractivity contribution < 1.29 is 9.53 Å². The van der Waals surface area contributed by atoms with Crippen molar-refractivity contribution in [3.8, 4) is 16.9 Å². The lowest BCUT2D eigenvalue weighted by Gasteiger charge is -2.04. The number of hydrogen-bond acceptors (Lipinski definition) is 7. The Kier molecular flexibility index (Phi) is 5.57. The molecule has 0 aliphatic carbocycles. The number of benzene rings is 2. The maximum Gasteiger partial charge on any atom is 0.345 e. The Hall–Kier alpha value is -4.43. The first-order chi connectivity index (χ1) is 16.2. The van der Waals surface area contributed by atoms with Crippen molar-refractivity contribution in [1.82, 2.24) is 14.6 Å². The predicted octanol–water partition coefficient (Wildman–Crippen LogP) is 4.62. The minimum absolute atomic E-state index is 0.238. The fraction of sp³-hybridized carbons (Fsp3) is 0. The van der Waals surface area contributed by atoms with E-state index in [2.05, 4.69) is 15.1 Å². The van der Waals surface area contributed by atoms with Crippen LogP contribution in [0.4, 0.5) is 0 Å². The van der Waals surface area contributed by atoms with Crippen molar-refractivity contribution >= 4 is 33.7 Å². The van der Waals surface area contributed by atoms with Gasteiger partial charge in [0.1, 0.15) is 16.9 Å². The van der Waals surface area contributed by atoms with E-state index >= 15 is 0 Å². The smallest absolute Gasteiger partial charge is 0.345 e. The summed E-state index contributed by atoms with van der Waals surface area (Å²) in [7, 11) is 0. The van der Waals surface area contributed by atoms with Gasteiger partial charge in [-0.3, -0.25) is 9.78 Å². The van der Waals surface area contributed by atoms with Crippen molar-refractivity contribution in [2.45, 2.75) is 0 Å². The Morgan fingerprint density at radius 3 is 2.61 bits per heavy atom. The number of nitrogens with zero attached hydrogens (tertiary/aromatic N) is 4. The van der Waals surface area contributed by atoms with Gasteiger partial charge in [-0.25, -0.2) is 9.78 Å². The van der Waals surface area contributed by atoms with Gasteiger partial charge in [0, 0.05) is 23.3 Å². The van der Waals surface area contributed by atoms with Crippen LogP contribution in [0.1, 0.15) is 15.9 Å². The molecule has 0 spiro atoms. The molecule has 0 unspecified atom stereocenters. The summed E-state index contributed by atoms with van der Waals surface area (Å²) in [6.45, 7) is 0. The second-order valence-corrected chi connectivity index (χ2v) is 7.89. The molecule has 0 N–H and O–H groups in total. The minimum atomic E-state index is -0.486. The Morgan fingerprint density at radius 2 is 1.85 bits per heavy atom. The lowest BCUT2D eigenvalue weighted by atomic mass is 10.1. The van der Waals surface area contributed by atoms with E-state index in [-0.39, 0.29) is 5.56 Å². The lowest BCUT2D eigenvalue weighted by molar-refractivity contribution is 0.0734. The molecule has 0 bridgehead atoms. The van der Waals surface area contributed by atoms with Crippen LogP contribution >= 0.6 is 11.3 Å². The highest BCUT2D eigenvalue weighted by Gasteiger charge is 2.13. The second kappa shape index (κ2) is 8.97. The van der Waals surface area contributed by atoms with Crippen molar-refractivity contribution in [2.24, 2.45) is 5.10 Å². The van der Waals surface area contributed by atoms with Crippen molar-refractivity contribution in [3.63, 3.8) is 0 Å². The quantitative estimate of drug-likeness (QED) is 0.221. The SMILES string of the molecule is O=C(Oc1ccc(/C=N/n2cnc3scc(-c4ccccc4)c3c2=O)cc1)c1cccnc1. The van der Waals surface area contributed by atoms with E-state index < -0.39 is 5.97 Å². The molecule has 160 valence electrons. The maximum absolute atomic E-state index is 13.1. The van der Waals surface area contributed by atoms with Gasteiger partial charge >= 0.3 is 5.97 Å².